The van der Waals surface area contributed by atoms with Crippen molar-refractivity contribution in [1.29, 1.82) is 0 Å². The molecule has 10 heteroatoms. The highest BCUT2D eigenvalue weighted by atomic mass is 32.2. The molecule has 4 atom stereocenters. The smallest absolute Gasteiger partial charge is 0.407 e. The van der Waals surface area contributed by atoms with E-state index in [0.717, 1.165) is 0 Å². The van der Waals surface area contributed by atoms with E-state index < -0.39 is 35.5 Å². The summed E-state index contributed by atoms with van der Waals surface area (Å²) in [5, 5.41) is 12.3. The van der Waals surface area contributed by atoms with Crippen molar-refractivity contribution in [1.82, 2.24) is 10.2 Å². The number of amides is 2. The summed E-state index contributed by atoms with van der Waals surface area (Å²) in [7, 11) is 0. The van der Waals surface area contributed by atoms with Gasteiger partial charge in [-0.25, -0.2) is 9.59 Å². The molecule has 2 heterocycles. The van der Waals surface area contributed by atoms with Crippen LogP contribution in [0, 0.1) is 5.92 Å². The van der Waals surface area contributed by atoms with Crippen LogP contribution in [0.2, 0.25) is 0 Å². The van der Waals surface area contributed by atoms with Crippen LogP contribution in [0.15, 0.2) is 35.9 Å². The summed E-state index contributed by atoms with van der Waals surface area (Å²) in [6.45, 7) is 8.63. The van der Waals surface area contributed by atoms with Crippen LogP contribution in [-0.4, -0.2) is 70.7 Å². The lowest BCUT2D eigenvalue weighted by atomic mass is 9.92. The molecule has 8 nitrogen and oxygen atoms in total. The Morgan fingerprint density at radius 1 is 1.34 bits per heavy atom. The number of aliphatic hydroxyl groups is 1. The van der Waals surface area contributed by atoms with Crippen molar-refractivity contribution >= 4 is 41.5 Å². The van der Waals surface area contributed by atoms with E-state index >= 15 is 0 Å². The molecule has 0 saturated carbocycles. The summed E-state index contributed by atoms with van der Waals surface area (Å²) in [4.78, 5) is 39.3. The van der Waals surface area contributed by atoms with Gasteiger partial charge in [0.2, 0.25) is 5.91 Å². The molecular formula is C19H26N2O6S2. The minimum absolute atomic E-state index is 0.00288. The number of aliphatic hydroxyl groups excluding tert-OH is 1. The van der Waals surface area contributed by atoms with Crippen LogP contribution in [0.1, 0.15) is 13.3 Å². The highest BCUT2D eigenvalue weighted by molar-refractivity contribution is 8.04. The first kappa shape index (κ1) is 23.4. The Bertz CT molecular complexity index is 709. The number of carbonyl (C=O) groups excluding carboxylic acids is 3. The van der Waals surface area contributed by atoms with Gasteiger partial charge in [0.05, 0.1) is 18.1 Å². The largest absolute Gasteiger partial charge is 0.457 e. The molecule has 0 radical (unpaired) electrons. The fraction of sp³-hybridized carbons (Fsp3) is 0.526. The SMILES string of the molecule is C=CCOC(=O)N[C@H](CCSC)C1=C(C(=O)OCC=C)N2C(=O)[C@H](C(C)O)[C@H]2S1. The van der Waals surface area contributed by atoms with E-state index in [1.807, 2.05) is 6.26 Å². The van der Waals surface area contributed by atoms with Gasteiger partial charge < -0.3 is 19.9 Å². The number of nitrogens with zero attached hydrogens (tertiary/aromatic N) is 1. The fourth-order valence-electron chi connectivity index (χ4n) is 3.07. The molecule has 2 N–H and O–H groups in total. The Balaban J connectivity index is 2.34. The van der Waals surface area contributed by atoms with Crippen molar-refractivity contribution in [2.45, 2.75) is 30.9 Å². The van der Waals surface area contributed by atoms with Gasteiger partial charge in [-0.3, -0.25) is 9.69 Å². The molecule has 160 valence electrons. The van der Waals surface area contributed by atoms with Gasteiger partial charge in [0.25, 0.3) is 0 Å². The number of hydrogen-bond acceptors (Lipinski definition) is 8. The first-order valence-corrected chi connectivity index (χ1v) is 11.4. The molecule has 0 aromatic rings. The summed E-state index contributed by atoms with van der Waals surface area (Å²) in [5.41, 5.74) is 0.110. The molecular weight excluding hydrogens is 416 g/mol. The fourth-order valence-corrected chi connectivity index (χ4v) is 5.24. The summed E-state index contributed by atoms with van der Waals surface area (Å²) in [5.74, 6) is -0.906. The van der Waals surface area contributed by atoms with Crippen LogP contribution in [0.4, 0.5) is 4.79 Å². The zero-order valence-electron chi connectivity index (χ0n) is 16.5. The van der Waals surface area contributed by atoms with Gasteiger partial charge in [0.1, 0.15) is 24.3 Å². The minimum atomic E-state index is -0.851. The third-order valence-corrected chi connectivity index (χ3v) is 6.52. The van der Waals surface area contributed by atoms with E-state index in [9.17, 15) is 19.5 Å². The lowest BCUT2D eigenvalue weighted by Crippen LogP contribution is -2.60. The standard InChI is InChI=1S/C19H26N2O6S2/c1-5-8-26-18(24)14-15(29-17-13(11(3)22)16(23)21(14)17)12(7-10-28-4)20-19(25)27-9-6-2/h5-6,11-13,17,22H,1-2,7-10H2,3-4H3,(H,20,25)/t11?,12-,13+,17-/m1/s1. The number of fused-ring (bicyclic) bond motifs is 1. The minimum Gasteiger partial charge on any atom is -0.457 e. The molecule has 2 aliphatic rings. The van der Waals surface area contributed by atoms with Crippen LogP contribution in [0.25, 0.3) is 0 Å². The molecule has 0 aromatic carbocycles. The Kier molecular flexibility index (Phi) is 8.66. The highest BCUT2D eigenvalue weighted by Gasteiger charge is 2.58. The molecule has 0 aromatic heterocycles. The lowest BCUT2D eigenvalue weighted by Gasteiger charge is -2.43. The van der Waals surface area contributed by atoms with Crippen LogP contribution in [-0.2, 0) is 19.1 Å². The molecule has 2 amide bonds. The van der Waals surface area contributed by atoms with E-state index in [4.69, 9.17) is 9.47 Å². The molecule has 0 spiro atoms. The van der Waals surface area contributed by atoms with Crippen molar-refractivity contribution in [3.05, 3.63) is 35.9 Å². The van der Waals surface area contributed by atoms with Crippen molar-refractivity contribution in [2.75, 3.05) is 25.2 Å². The van der Waals surface area contributed by atoms with Crippen LogP contribution >= 0.6 is 23.5 Å². The molecule has 29 heavy (non-hydrogen) atoms. The average Bonchev–Trinajstić information content (AvgIpc) is 3.02. The van der Waals surface area contributed by atoms with E-state index in [1.54, 1.807) is 18.7 Å². The second kappa shape index (κ2) is 10.7. The summed E-state index contributed by atoms with van der Waals surface area (Å²) < 4.78 is 10.2. The van der Waals surface area contributed by atoms with E-state index in [0.29, 0.717) is 17.1 Å². The predicted octanol–water partition coefficient (Wildman–Crippen LogP) is 1.87. The molecule has 1 unspecified atom stereocenters. The monoisotopic (exact) mass is 442 g/mol. The van der Waals surface area contributed by atoms with Crippen LogP contribution in [0.3, 0.4) is 0 Å². The zero-order chi connectivity index (χ0) is 21.6. The molecule has 1 saturated heterocycles. The second-order valence-electron chi connectivity index (χ2n) is 6.45. The van der Waals surface area contributed by atoms with Gasteiger partial charge in [0.15, 0.2) is 0 Å². The number of esters is 1. The number of alkyl carbamates (subject to hydrolysis) is 1. The van der Waals surface area contributed by atoms with E-state index in [-0.39, 0.29) is 24.8 Å². The third kappa shape index (κ3) is 5.18. The number of nitrogens with one attached hydrogen (secondary N) is 1. The van der Waals surface area contributed by atoms with Gasteiger partial charge in [-0.15, -0.1) is 0 Å². The Morgan fingerprint density at radius 2 is 2.00 bits per heavy atom. The Morgan fingerprint density at radius 3 is 2.59 bits per heavy atom. The van der Waals surface area contributed by atoms with Crippen molar-refractivity contribution in [3.63, 3.8) is 0 Å². The summed E-state index contributed by atoms with van der Waals surface area (Å²) >= 11 is 2.88. The Hall–Kier alpha value is -1.91. The van der Waals surface area contributed by atoms with Crippen LogP contribution < -0.4 is 5.32 Å². The number of carbonyl (C=O) groups is 3. The zero-order valence-corrected chi connectivity index (χ0v) is 18.1. The second-order valence-corrected chi connectivity index (χ2v) is 8.59. The number of hydrogen-bond donors (Lipinski definition) is 2. The van der Waals surface area contributed by atoms with Gasteiger partial charge in [-0.1, -0.05) is 37.1 Å². The van der Waals surface area contributed by atoms with Crippen LogP contribution in [0.5, 0.6) is 0 Å². The maximum absolute atomic E-state index is 12.7. The Labute approximate surface area is 178 Å². The summed E-state index contributed by atoms with van der Waals surface area (Å²) in [6, 6.07) is -0.538. The quantitative estimate of drug-likeness (QED) is 0.284. The highest BCUT2D eigenvalue weighted by Crippen LogP contribution is 2.51. The van der Waals surface area contributed by atoms with Gasteiger partial charge in [-0.2, -0.15) is 11.8 Å². The van der Waals surface area contributed by atoms with Crippen molar-refractivity contribution in [3.8, 4) is 0 Å². The molecule has 0 bridgehead atoms. The van der Waals surface area contributed by atoms with Crippen molar-refractivity contribution in [2.24, 2.45) is 5.92 Å². The number of β-lactam (4-membered cyclic amide) rings is 1. The summed E-state index contributed by atoms with van der Waals surface area (Å²) in [6.07, 6.45) is 3.86. The van der Waals surface area contributed by atoms with Gasteiger partial charge in [0, 0.05) is 4.91 Å². The first-order valence-electron chi connectivity index (χ1n) is 9.10. The van der Waals surface area contributed by atoms with E-state index in [2.05, 4.69) is 18.5 Å². The lowest BCUT2D eigenvalue weighted by molar-refractivity contribution is -0.158. The third-order valence-electron chi connectivity index (χ3n) is 4.40. The van der Waals surface area contributed by atoms with E-state index in [1.165, 1.54) is 28.8 Å². The predicted molar refractivity (Wildman–Crippen MR) is 113 cm³/mol. The van der Waals surface area contributed by atoms with Gasteiger partial charge >= 0.3 is 12.1 Å². The maximum Gasteiger partial charge on any atom is 0.407 e. The number of thioether (sulfide) groups is 2. The first-order chi connectivity index (χ1) is 13.9. The molecule has 2 aliphatic heterocycles. The molecule has 1 fully saturated rings. The topological polar surface area (TPSA) is 105 Å². The average molecular weight is 443 g/mol. The maximum atomic E-state index is 12.7. The van der Waals surface area contributed by atoms with Gasteiger partial charge in [-0.05, 0) is 25.4 Å². The normalized spacial score (nSPS) is 22.3. The number of rotatable bonds is 11. The molecule has 2 rings (SSSR count). The van der Waals surface area contributed by atoms with Crippen molar-refractivity contribution < 1.29 is 29.0 Å². The molecule has 0 aliphatic carbocycles. The number of ether oxygens (including phenoxy) is 2.